The summed E-state index contributed by atoms with van der Waals surface area (Å²) in [6, 6.07) is 8.49. The zero-order chi connectivity index (χ0) is 12.3. The van der Waals surface area contributed by atoms with E-state index >= 15 is 0 Å². The van der Waals surface area contributed by atoms with Crippen molar-refractivity contribution in [3.8, 4) is 0 Å². The largest absolute Gasteiger partial charge is 0.371 e. The van der Waals surface area contributed by atoms with Gasteiger partial charge >= 0.3 is 0 Å². The van der Waals surface area contributed by atoms with Gasteiger partial charge in [-0.2, -0.15) is 0 Å². The van der Waals surface area contributed by atoms with Gasteiger partial charge in [-0.05, 0) is 49.4 Å². The van der Waals surface area contributed by atoms with Gasteiger partial charge in [-0.3, -0.25) is 0 Å². The molecule has 3 heteroatoms. The molecule has 1 aromatic carbocycles. The lowest BCUT2D eigenvalue weighted by atomic mass is 9.98. The number of hydrogen-bond donors (Lipinski definition) is 1. The van der Waals surface area contributed by atoms with Crippen molar-refractivity contribution in [1.82, 2.24) is 0 Å². The van der Waals surface area contributed by atoms with E-state index in [4.69, 9.17) is 17.3 Å². The summed E-state index contributed by atoms with van der Waals surface area (Å²) in [5, 5.41) is 0.803. The van der Waals surface area contributed by atoms with Crippen LogP contribution in [0.1, 0.15) is 26.2 Å². The summed E-state index contributed by atoms with van der Waals surface area (Å²) in [6.45, 7) is 4.44. The lowest BCUT2D eigenvalue weighted by molar-refractivity contribution is 0.458. The third kappa shape index (κ3) is 3.36. The van der Waals surface area contributed by atoms with E-state index in [0.29, 0.717) is 6.04 Å². The van der Waals surface area contributed by atoms with Crippen molar-refractivity contribution in [2.45, 2.75) is 32.2 Å². The Hall–Kier alpha value is -0.730. The number of anilines is 1. The predicted molar refractivity (Wildman–Crippen MR) is 74.7 cm³/mol. The number of hydrogen-bond acceptors (Lipinski definition) is 2. The van der Waals surface area contributed by atoms with Crippen molar-refractivity contribution >= 4 is 17.3 Å². The van der Waals surface area contributed by atoms with Crippen LogP contribution in [0.3, 0.4) is 0 Å². The van der Waals surface area contributed by atoms with Crippen LogP contribution in [0.4, 0.5) is 5.69 Å². The van der Waals surface area contributed by atoms with Crippen LogP contribution in [0.2, 0.25) is 5.02 Å². The van der Waals surface area contributed by atoms with E-state index < -0.39 is 0 Å². The Morgan fingerprint density at radius 1 is 1.41 bits per heavy atom. The molecular formula is C14H21ClN2. The van der Waals surface area contributed by atoms with Gasteiger partial charge in [0, 0.05) is 29.8 Å². The van der Waals surface area contributed by atoms with Crippen molar-refractivity contribution in [2.24, 2.45) is 11.7 Å². The Morgan fingerprint density at radius 2 is 2.12 bits per heavy atom. The molecule has 2 rings (SSSR count). The zero-order valence-corrected chi connectivity index (χ0v) is 11.2. The summed E-state index contributed by atoms with van der Waals surface area (Å²) in [6.07, 6.45) is 3.49. The molecule has 1 aliphatic rings. The SMILES string of the molecule is CCC(N)CC1CCN(c2ccc(Cl)cc2)C1. The molecule has 17 heavy (non-hydrogen) atoms. The second-order valence-corrected chi connectivity index (χ2v) is 5.42. The zero-order valence-electron chi connectivity index (χ0n) is 10.4. The van der Waals surface area contributed by atoms with Gasteiger partial charge in [-0.1, -0.05) is 18.5 Å². The van der Waals surface area contributed by atoms with Crippen molar-refractivity contribution < 1.29 is 0 Å². The van der Waals surface area contributed by atoms with Gasteiger partial charge in [0.1, 0.15) is 0 Å². The average Bonchev–Trinajstić information content (AvgIpc) is 2.78. The first kappa shape index (κ1) is 12.7. The van der Waals surface area contributed by atoms with E-state index in [0.717, 1.165) is 36.9 Å². The van der Waals surface area contributed by atoms with Crippen LogP contribution in [0.15, 0.2) is 24.3 Å². The van der Waals surface area contributed by atoms with Crippen LogP contribution >= 0.6 is 11.6 Å². The fraction of sp³-hybridized carbons (Fsp3) is 0.571. The molecule has 2 N–H and O–H groups in total. The molecule has 1 fully saturated rings. The maximum Gasteiger partial charge on any atom is 0.0407 e. The predicted octanol–water partition coefficient (Wildman–Crippen LogP) is 3.29. The molecule has 2 unspecified atom stereocenters. The van der Waals surface area contributed by atoms with Gasteiger partial charge in [0.05, 0.1) is 0 Å². The molecule has 0 saturated carbocycles. The highest BCUT2D eigenvalue weighted by atomic mass is 35.5. The first-order chi connectivity index (χ1) is 8.19. The minimum absolute atomic E-state index is 0.366. The molecule has 0 radical (unpaired) electrons. The highest BCUT2D eigenvalue weighted by molar-refractivity contribution is 6.30. The van der Waals surface area contributed by atoms with Crippen LogP contribution in [0, 0.1) is 5.92 Å². The molecule has 94 valence electrons. The molecule has 0 bridgehead atoms. The monoisotopic (exact) mass is 252 g/mol. The molecule has 0 aromatic heterocycles. The summed E-state index contributed by atoms with van der Waals surface area (Å²) in [5.41, 5.74) is 7.30. The fourth-order valence-corrected chi connectivity index (χ4v) is 2.63. The summed E-state index contributed by atoms with van der Waals surface area (Å²) >= 11 is 5.90. The number of halogens is 1. The summed E-state index contributed by atoms with van der Waals surface area (Å²) in [5.74, 6) is 0.751. The molecule has 1 aromatic rings. The highest BCUT2D eigenvalue weighted by Gasteiger charge is 2.23. The summed E-state index contributed by atoms with van der Waals surface area (Å²) in [7, 11) is 0. The second kappa shape index (κ2) is 5.74. The Morgan fingerprint density at radius 3 is 2.76 bits per heavy atom. The minimum atomic E-state index is 0.366. The fourth-order valence-electron chi connectivity index (χ4n) is 2.51. The minimum Gasteiger partial charge on any atom is -0.371 e. The van der Waals surface area contributed by atoms with E-state index in [1.165, 1.54) is 12.1 Å². The Kier molecular flexibility index (Phi) is 4.30. The molecule has 2 atom stereocenters. The van der Waals surface area contributed by atoms with Crippen molar-refractivity contribution in [2.75, 3.05) is 18.0 Å². The van der Waals surface area contributed by atoms with Crippen LogP contribution in [0.25, 0.3) is 0 Å². The van der Waals surface area contributed by atoms with Gasteiger partial charge in [-0.25, -0.2) is 0 Å². The van der Waals surface area contributed by atoms with Crippen LogP contribution in [-0.2, 0) is 0 Å². The van der Waals surface area contributed by atoms with E-state index in [1.807, 2.05) is 12.1 Å². The molecule has 2 nitrogen and oxygen atoms in total. The number of benzene rings is 1. The van der Waals surface area contributed by atoms with Crippen LogP contribution < -0.4 is 10.6 Å². The lowest BCUT2D eigenvalue weighted by Crippen LogP contribution is -2.25. The van der Waals surface area contributed by atoms with Gasteiger partial charge in [0.15, 0.2) is 0 Å². The maximum atomic E-state index is 6.02. The first-order valence-corrected chi connectivity index (χ1v) is 6.83. The Labute approximate surface area is 109 Å². The molecule has 0 amide bonds. The van der Waals surface area contributed by atoms with Gasteiger partial charge in [0.2, 0.25) is 0 Å². The van der Waals surface area contributed by atoms with Crippen molar-refractivity contribution in [1.29, 1.82) is 0 Å². The van der Waals surface area contributed by atoms with E-state index in [2.05, 4.69) is 24.0 Å². The van der Waals surface area contributed by atoms with Gasteiger partial charge < -0.3 is 10.6 Å². The molecule has 1 saturated heterocycles. The second-order valence-electron chi connectivity index (χ2n) is 4.98. The molecular weight excluding hydrogens is 232 g/mol. The normalized spacial score (nSPS) is 21.8. The van der Waals surface area contributed by atoms with Crippen LogP contribution in [0.5, 0.6) is 0 Å². The summed E-state index contributed by atoms with van der Waals surface area (Å²) in [4.78, 5) is 2.43. The third-order valence-corrected chi connectivity index (χ3v) is 3.89. The highest BCUT2D eigenvalue weighted by Crippen LogP contribution is 2.27. The standard InChI is InChI=1S/C14H21ClN2/c1-2-13(16)9-11-7-8-17(10-11)14-5-3-12(15)4-6-14/h3-6,11,13H,2,7-10,16H2,1H3. The third-order valence-electron chi connectivity index (χ3n) is 3.64. The smallest absolute Gasteiger partial charge is 0.0407 e. The Bertz CT molecular complexity index is 350. The van der Waals surface area contributed by atoms with Gasteiger partial charge in [-0.15, -0.1) is 0 Å². The molecule has 1 heterocycles. The molecule has 1 aliphatic heterocycles. The topological polar surface area (TPSA) is 29.3 Å². The first-order valence-electron chi connectivity index (χ1n) is 6.45. The lowest BCUT2D eigenvalue weighted by Gasteiger charge is -2.19. The number of nitrogens with two attached hydrogens (primary N) is 1. The molecule has 0 aliphatic carbocycles. The Balaban J connectivity index is 1.91. The van der Waals surface area contributed by atoms with E-state index in [-0.39, 0.29) is 0 Å². The van der Waals surface area contributed by atoms with Crippen LogP contribution in [-0.4, -0.2) is 19.1 Å². The van der Waals surface area contributed by atoms with E-state index in [9.17, 15) is 0 Å². The van der Waals surface area contributed by atoms with Crippen molar-refractivity contribution in [3.05, 3.63) is 29.3 Å². The quantitative estimate of drug-likeness (QED) is 0.891. The molecule has 0 spiro atoms. The number of rotatable bonds is 4. The summed E-state index contributed by atoms with van der Waals surface area (Å²) < 4.78 is 0. The van der Waals surface area contributed by atoms with Crippen molar-refractivity contribution in [3.63, 3.8) is 0 Å². The number of nitrogens with zero attached hydrogens (tertiary/aromatic N) is 1. The average molecular weight is 253 g/mol. The van der Waals surface area contributed by atoms with Gasteiger partial charge in [0.25, 0.3) is 0 Å². The maximum absolute atomic E-state index is 6.02. The van der Waals surface area contributed by atoms with E-state index in [1.54, 1.807) is 0 Å².